The van der Waals surface area contributed by atoms with Crippen molar-refractivity contribution in [2.75, 3.05) is 26.3 Å². The fraction of sp³-hybridized carbons (Fsp3) is 0.667. The Morgan fingerprint density at radius 3 is 2.04 bits per heavy atom. The summed E-state index contributed by atoms with van der Waals surface area (Å²) in [7, 11) is 0. The van der Waals surface area contributed by atoms with Crippen molar-refractivity contribution >= 4 is 6.21 Å². The topological polar surface area (TPSA) is 95.3 Å². The van der Waals surface area contributed by atoms with Gasteiger partial charge in [0.25, 0.3) is 0 Å². The van der Waals surface area contributed by atoms with Crippen LogP contribution in [0.2, 0.25) is 0 Å². The van der Waals surface area contributed by atoms with Gasteiger partial charge in [-0.3, -0.25) is 0 Å². The summed E-state index contributed by atoms with van der Waals surface area (Å²) in [6.07, 6.45) is 0.276. The van der Waals surface area contributed by atoms with Crippen molar-refractivity contribution < 1.29 is 19.8 Å². The van der Waals surface area contributed by atoms with Gasteiger partial charge in [0, 0.05) is 29.7 Å². The van der Waals surface area contributed by atoms with Crippen molar-refractivity contribution in [1.82, 2.24) is 10.6 Å². The van der Waals surface area contributed by atoms with E-state index in [2.05, 4.69) is 15.8 Å². The molecule has 160 valence electrons. The van der Waals surface area contributed by atoms with Crippen LogP contribution in [0.25, 0.3) is 0 Å². The molecule has 1 aromatic rings. The van der Waals surface area contributed by atoms with Gasteiger partial charge in [-0.2, -0.15) is 0 Å². The Bertz CT molecular complexity index is 594. The number of aliphatic hydroxyl groups is 2. The van der Waals surface area contributed by atoms with Crippen LogP contribution in [-0.4, -0.2) is 66.0 Å². The molecular formula is C21H37N3O4. The molecule has 0 aliphatic rings. The van der Waals surface area contributed by atoms with Gasteiger partial charge < -0.3 is 30.4 Å². The Labute approximate surface area is 169 Å². The average molecular weight is 396 g/mol. The standard InChI is InChI=1S/C21H37N3O4/c1-20(2,3)22-12-17(25)14-27-19-10-8-7-9-16(19)11-24-28-15-18(26)13-23-21(4,5)6/h7-11,17-18,22-23,25-26H,12-15H2,1-6H3/b24-11+. The third-order valence-electron chi connectivity index (χ3n) is 3.62. The smallest absolute Gasteiger partial charge is 0.144 e. The number of para-hydroxylation sites is 1. The fourth-order valence-corrected chi connectivity index (χ4v) is 2.09. The zero-order valence-corrected chi connectivity index (χ0v) is 18.0. The number of hydrogen-bond acceptors (Lipinski definition) is 7. The van der Waals surface area contributed by atoms with E-state index in [9.17, 15) is 10.2 Å². The monoisotopic (exact) mass is 395 g/mol. The fourth-order valence-electron chi connectivity index (χ4n) is 2.09. The van der Waals surface area contributed by atoms with Crippen molar-refractivity contribution in [2.24, 2.45) is 5.16 Å². The van der Waals surface area contributed by atoms with E-state index in [1.807, 2.05) is 65.8 Å². The second-order valence-electron chi connectivity index (χ2n) is 8.95. The van der Waals surface area contributed by atoms with Crippen molar-refractivity contribution in [3.05, 3.63) is 29.8 Å². The lowest BCUT2D eigenvalue weighted by atomic mass is 10.1. The van der Waals surface area contributed by atoms with Crippen LogP contribution in [0.3, 0.4) is 0 Å². The van der Waals surface area contributed by atoms with Crippen molar-refractivity contribution in [3.63, 3.8) is 0 Å². The number of benzene rings is 1. The molecule has 0 aliphatic carbocycles. The molecule has 0 fully saturated rings. The first-order chi connectivity index (χ1) is 13.0. The second kappa shape index (κ2) is 11.4. The minimum absolute atomic E-state index is 0.0597. The molecule has 7 nitrogen and oxygen atoms in total. The number of β-amino-alcohol motifs (C(OH)–C–C–N with tert-alkyl or cyclic N) is 2. The lowest BCUT2D eigenvalue weighted by Crippen LogP contribution is -2.42. The summed E-state index contributed by atoms with van der Waals surface area (Å²) in [5.74, 6) is 0.611. The van der Waals surface area contributed by atoms with Crippen LogP contribution in [0.5, 0.6) is 5.75 Å². The maximum atomic E-state index is 10.1. The van der Waals surface area contributed by atoms with Gasteiger partial charge in [0.05, 0.1) is 6.21 Å². The minimum Gasteiger partial charge on any atom is -0.490 e. The lowest BCUT2D eigenvalue weighted by molar-refractivity contribution is 0.0379. The summed E-state index contributed by atoms with van der Waals surface area (Å²) < 4.78 is 5.72. The zero-order valence-electron chi connectivity index (χ0n) is 18.0. The van der Waals surface area contributed by atoms with E-state index in [1.165, 1.54) is 0 Å². The van der Waals surface area contributed by atoms with Crippen LogP contribution >= 0.6 is 0 Å². The highest BCUT2D eigenvalue weighted by molar-refractivity contribution is 5.83. The Hall–Kier alpha value is -1.67. The Balaban J connectivity index is 2.45. The van der Waals surface area contributed by atoms with Crippen LogP contribution < -0.4 is 15.4 Å². The normalized spacial score (nSPS) is 14.9. The van der Waals surface area contributed by atoms with Gasteiger partial charge in [0.2, 0.25) is 0 Å². The molecule has 0 amide bonds. The maximum Gasteiger partial charge on any atom is 0.144 e. The summed E-state index contributed by atoms with van der Waals surface area (Å²) in [6, 6.07) is 7.38. The maximum absolute atomic E-state index is 10.1. The van der Waals surface area contributed by atoms with Crippen LogP contribution in [-0.2, 0) is 4.84 Å². The zero-order chi connectivity index (χ0) is 21.2. The second-order valence-corrected chi connectivity index (χ2v) is 8.95. The molecule has 1 aromatic carbocycles. The molecule has 0 saturated heterocycles. The average Bonchev–Trinajstić information content (AvgIpc) is 2.59. The molecule has 0 spiro atoms. The molecule has 2 atom stereocenters. The van der Waals surface area contributed by atoms with Gasteiger partial charge in [-0.1, -0.05) is 17.3 Å². The van der Waals surface area contributed by atoms with E-state index >= 15 is 0 Å². The Morgan fingerprint density at radius 2 is 1.46 bits per heavy atom. The van der Waals surface area contributed by atoms with E-state index < -0.39 is 12.2 Å². The Kier molecular flexibility index (Phi) is 9.89. The molecule has 0 aromatic heterocycles. The van der Waals surface area contributed by atoms with Gasteiger partial charge in [0.15, 0.2) is 0 Å². The largest absolute Gasteiger partial charge is 0.490 e. The predicted molar refractivity (Wildman–Crippen MR) is 113 cm³/mol. The van der Waals surface area contributed by atoms with E-state index in [-0.39, 0.29) is 24.3 Å². The van der Waals surface area contributed by atoms with Crippen LogP contribution in [0.4, 0.5) is 0 Å². The van der Waals surface area contributed by atoms with Crippen LogP contribution in [0.1, 0.15) is 47.1 Å². The summed E-state index contributed by atoms with van der Waals surface area (Å²) in [6.45, 7) is 13.4. The first-order valence-corrected chi connectivity index (χ1v) is 9.69. The number of aliphatic hydroxyl groups excluding tert-OH is 2. The van der Waals surface area contributed by atoms with Crippen LogP contribution in [0.15, 0.2) is 29.4 Å². The molecule has 0 heterocycles. The molecule has 0 radical (unpaired) electrons. The molecule has 4 N–H and O–H groups in total. The highest BCUT2D eigenvalue weighted by Gasteiger charge is 2.14. The number of oxime groups is 1. The molecule has 28 heavy (non-hydrogen) atoms. The van der Waals surface area contributed by atoms with E-state index in [0.29, 0.717) is 18.8 Å². The molecule has 7 heteroatoms. The predicted octanol–water partition coefficient (Wildman–Crippen LogP) is 1.91. The number of rotatable bonds is 11. The highest BCUT2D eigenvalue weighted by Crippen LogP contribution is 2.16. The number of nitrogens with zero attached hydrogens (tertiary/aromatic N) is 1. The summed E-state index contributed by atoms with van der Waals surface area (Å²) in [4.78, 5) is 5.19. The first-order valence-electron chi connectivity index (χ1n) is 9.69. The quantitative estimate of drug-likeness (QED) is 0.338. The third-order valence-corrected chi connectivity index (χ3v) is 3.62. The third kappa shape index (κ3) is 11.9. The van der Waals surface area contributed by atoms with Crippen molar-refractivity contribution in [2.45, 2.75) is 64.8 Å². The van der Waals surface area contributed by atoms with Gasteiger partial charge in [-0.15, -0.1) is 0 Å². The van der Waals surface area contributed by atoms with Gasteiger partial charge in [0.1, 0.15) is 31.2 Å². The Morgan fingerprint density at radius 1 is 0.929 bits per heavy atom. The summed E-state index contributed by atoms with van der Waals surface area (Å²) in [5, 5.41) is 30.3. The van der Waals surface area contributed by atoms with Crippen molar-refractivity contribution in [3.8, 4) is 5.75 Å². The van der Waals surface area contributed by atoms with Crippen LogP contribution in [0, 0.1) is 0 Å². The molecule has 1 rings (SSSR count). The summed E-state index contributed by atoms with van der Waals surface area (Å²) >= 11 is 0. The molecule has 0 bridgehead atoms. The number of hydrogen-bond donors (Lipinski definition) is 4. The van der Waals surface area contributed by atoms with E-state index in [0.717, 1.165) is 5.56 Å². The molecule has 2 unspecified atom stereocenters. The number of ether oxygens (including phenoxy) is 1. The minimum atomic E-state index is -0.645. The number of nitrogens with one attached hydrogen (secondary N) is 2. The van der Waals surface area contributed by atoms with Gasteiger partial charge >= 0.3 is 0 Å². The molecule has 0 saturated carbocycles. The first kappa shape index (κ1) is 24.4. The molecular weight excluding hydrogens is 358 g/mol. The van der Waals surface area contributed by atoms with Gasteiger partial charge in [-0.05, 0) is 53.7 Å². The van der Waals surface area contributed by atoms with E-state index in [4.69, 9.17) is 9.57 Å². The SMILES string of the molecule is CC(C)(C)NCC(O)CO/N=C/c1ccccc1OCC(O)CNC(C)(C)C. The van der Waals surface area contributed by atoms with Crippen molar-refractivity contribution in [1.29, 1.82) is 0 Å². The highest BCUT2D eigenvalue weighted by atomic mass is 16.6. The molecule has 0 aliphatic heterocycles. The lowest BCUT2D eigenvalue weighted by Gasteiger charge is -2.23. The van der Waals surface area contributed by atoms with E-state index in [1.54, 1.807) is 6.21 Å². The summed E-state index contributed by atoms with van der Waals surface area (Å²) in [5.41, 5.74) is 0.615. The van der Waals surface area contributed by atoms with Gasteiger partial charge in [-0.25, -0.2) is 0 Å².